The summed E-state index contributed by atoms with van der Waals surface area (Å²) in [4.78, 5) is 13.1. The van der Waals surface area contributed by atoms with Gasteiger partial charge in [-0.05, 0) is 67.1 Å². The number of carbonyl (C=O) groups is 1. The second-order valence-corrected chi connectivity index (χ2v) is 8.50. The third-order valence-corrected chi connectivity index (χ3v) is 6.79. The van der Waals surface area contributed by atoms with Gasteiger partial charge in [0.15, 0.2) is 0 Å². The summed E-state index contributed by atoms with van der Waals surface area (Å²) in [5, 5.41) is 2.69. The standard InChI is InChI=1S/C28H32N2O2/c1-32-28(24-8-4-2-5-9-24,25-10-6-3-7-11-25)26-17-20-30(21-18-26)19-16-23-12-14-27(15-13-23)29-22-31/h2-15,22,26H,16-21H2,1H3,(H,29,31). The van der Waals surface area contributed by atoms with E-state index in [1.807, 2.05) is 19.2 Å². The van der Waals surface area contributed by atoms with Gasteiger partial charge in [-0.25, -0.2) is 0 Å². The van der Waals surface area contributed by atoms with Gasteiger partial charge >= 0.3 is 0 Å². The van der Waals surface area contributed by atoms with Gasteiger partial charge in [-0.1, -0.05) is 72.8 Å². The number of nitrogens with one attached hydrogen (secondary N) is 1. The fourth-order valence-electron chi connectivity index (χ4n) is 5.10. The number of hydrogen-bond acceptors (Lipinski definition) is 3. The molecule has 1 saturated heterocycles. The molecule has 1 amide bonds. The van der Waals surface area contributed by atoms with Crippen LogP contribution < -0.4 is 5.32 Å². The maximum Gasteiger partial charge on any atom is 0.211 e. The van der Waals surface area contributed by atoms with E-state index in [0.717, 1.165) is 44.6 Å². The molecule has 4 heteroatoms. The molecule has 0 unspecified atom stereocenters. The van der Waals surface area contributed by atoms with E-state index >= 15 is 0 Å². The van der Waals surface area contributed by atoms with E-state index in [1.54, 1.807) is 0 Å². The largest absolute Gasteiger partial charge is 0.368 e. The minimum atomic E-state index is -0.421. The first-order valence-electron chi connectivity index (χ1n) is 11.4. The Morgan fingerprint density at radius 1 is 0.906 bits per heavy atom. The maximum atomic E-state index is 10.6. The Morgan fingerprint density at radius 3 is 1.97 bits per heavy atom. The van der Waals surface area contributed by atoms with Gasteiger partial charge in [0.25, 0.3) is 0 Å². The van der Waals surface area contributed by atoms with Crippen molar-refractivity contribution in [2.75, 3.05) is 32.1 Å². The molecular formula is C28H32N2O2. The van der Waals surface area contributed by atoms with Crippen LogP contribution in [0.3, 0.4) is 0 Å². The van der Waals surface area contributed by atoms with Gasteiger partial charge in [0.05, 0.1) is 0 Å². The van der Waals surface area contributed by atoms with Gasteiger partial charge in [0.2, 0.25) is 6.41 Å². The molecule has 0 aromatic heterocycles. The smallest absolute Gasteiger partial charge is 0.211 e. The highest BCUT2D eigenvalue weighted by atomic mass is 16.5. The lowest BCUT2D eigenvalue weighted by Gasteiger charge is -2.44. The lowest BCUT2D eigenvalue weighted by molar-refractivity contribution is -0.105. The number of rotatable bonds is 9. The normalized spacial score (nSPS) is 15.4. The van der Waals surface area contributed by atoms with Crippen molar-refractivity contribution < 1.29 is 9.53 Å². The number of methoxy groups -OCH3 is 1. The molecule has 166 valence electrons. The molecule has 1 heterocycles. The van der Waals surface area contributed by atoms with Crippen LogP contribution in [0.1, 0.15) is 29.5 Å². The molecule has 4 nitrogen and oxygen atoms in total. The number of amides is 1. The molecule has 0 atom stereocenters. The summed E-state index contributed by atoms with van der Waals surface area (Å²) < 4.78 is 6.40. The third kappa shape index (κ3) is 4.77. The first-order valence-corrected chi connectivity index (χ1v) is 11.4. The van der Waals surface area contributed by atoms with Crippen molar-refractivity contribution in [3.8, 4) is 0 Å². The molecule has 1 aliphatic heterocycles. The quantitative estimate of drug-likeness (QED) is 0.482. The first kappa shape index (κ1) is 22.3. The van der Waals surface area contributed by atoms with Crippen LogP contribution in [-0.2, 0) is 21.6 Å². The van der Waals surface area contributed by atoms with Crippen molar-refractivity contribution in [2.45, 2.75) is 24.9 Å². The molecule has 0 bridgehead atoms. The second-order valence-electron chi connectivity index (χ2n) is 8.50. The number of benzene rings is 3. The summed E-state index contributed by atoms with van der Waals surface area (Å²) in [6.07, 6.45) is 3.92. The van der Waals surface area contributed by atoms with Crippen LogP contribution in [0.4, 0.5) is 5.69 Å². The van der Waals surface area contributed by atoms with Crippen molar-refractivity contribution in [2.24, 2.45) is 5.92 Å². The highest BCUT2D eigenvalue weighted by Crippen LogP contribution is 2.44. The van der Waals surface area contributed by atoms with E-state index < -0.39 is 5.60 Å². The summed E-state index contributed by atoms with van der Waals surface area (Å²) in [7, 11) is 1.86. The van der Waals surface area contributed by atoms with Crippen molar-refractivity contribution in [1.29, 1.82) is 0 Å². The van der Waals surface area contributed by atoms with Crippen molar-refractivity contribution >= 4 is 12.1 Å². The highest BCUT2D eigenvalue weighted by Gasteiger charge is 2.43. The summed E-state index contributed by atoms with van der Waals surface area (Å²) in [5.74, 6) is 0.419. The summed E-state index contributed by atoms with van der Waals surface area (Å²) in [5.41, 5.74) is 4.17. The lowest BCUT2D eigenvalue weighted by Crippen LogP contribution is -2.45. The molecule has 1 aliphatic rings. The molecule has 1 fully saturated rings. The zero-order valence-corrected chi connectivity index (χ0v) is 18.7. The van der Waals surface area contributed by atoms with E-state index in [9.17, 15) is 4.79 Å². The van der Waals surface area contributed by atoms with Gasteiger partial charge in [-0.2, -0.15) is 0 Å². The Morgan fingerprint density at radius 2 is 1.47 bits per heavy atom. The average molecular weight is 429 g/mol. The number of ether oxygens (including phenoxy) is 1. The predicted octanol–water partition coefficient (Wildman–Crippen LogP) is 5.10. The van der Waals surface area contributed by atoms with Gasteiger partial charge in [0, 0.05) is 19.3 Å². The van der Waals surface area contributed by atoms with Crippen LogP contribution in [0, 0.1) is 5.92 Å². The molecule has 4 rings (SSSR count). The summed E-state index contributed by atoms with van der Waals surface area (Å²) >= 11 is 0. The number of likely N-dealkylation sites (tertiary alicyclic amines) is 1. The van der Waals surface area contributed by atoms with E-state index in [4.69, 9.17) is 4.74 Å². The Labute approximate surface area is 191 Å². The first-order chi connectivity index (χ1) is 15.8. The molecule has 32 heavy (non-hydrogen) atoms. The highest BCUT2D eigenvalue weighted by molar-refractivity contribution is 5.71. The minimum Gasteiger partial charge on any atom is -0.368 e. The topological polar surface area (TPSA) is 41.6 Å². The van der Waals surface area contributed by atoms with Crippen LogP contribution >= 0.6 is 0 Å². The molecule has 3 aromatic carbocycles. The third-order valence-electron chi connectivity index (χ3n) is 6.79. The van der Waals surface area contributed by atoms with Crippen LogP contribution in [0.2, 0.25) is 0 Å². The number of nitrogens with zero attached hydrogens (tertiary/aromatic N) is 1. The molecule has 0 radical (unpaired) electrons. The van der Waals surface area contributed by atoms with Gasteiger partial charge in [-0.15, -0.1) is 0 Å². The van der Waals surface area contributed by atoms with E-state index in [-0.39, 0.29) is 0 Å². The molecule has 1 N–H and O–H groups in total. The molecule has 3 aromatic rings. The van der Waals surface area contributed by atoms with Gasteiger partial charge in [-0.3, -0.25) is 4.79 Å². The summed E-state index contributed by atoms with van der Waals surface area (Å²) in [6, 6.07) is 29.5. The van der Waals surface area contributed by atoms with E-state index in [0.29, 0.717) is 12.3 Å². The lowest BCUT2D eigenvalue weighted by atomic mass is 9.71. The van der Waals surface area contributed by atoms with E-state index in [1.165, 1.54) is 16.7 Å². The SMILES string of the molecule is COC(c1ccccc1)(c1ccccc1)C1CCN(CCc2ccc(NC=O)cc2)CC1. The zero-order chi connectivity index (χ0) is 22.2. The Hall–Kier alpha value is -2.95. The van der Waals surface area contributed by atoms with Crippen LogP contribution in [0.25, 0.3) is 0 Å². The maximum absolute atomic E-state index is 10.6. The fraction of sp³-hybridized carbons (Fsp3) is 0.321. The van der Waals surface area contributed by atoms with Crippen LogP contribution in [0.5, 0.6) is 0 Å². The Balaban J connectivity index is 1.44. The Bertz CT molecular complexity index is 926. The molecule has 0 spiro atoms. The number of anilines is 1. The molecule has 0 aliphatic carbocycles. The fourth-order valence-corrected chi connectivity index (χ4v) is 5.10. The Kier molecular flexibility index (Phi) is 7.35. The van der Waals surface area contributed by atoms with Crippen molar-refractivity contribution in [3.63, 3.8) is 0 Å². The second kappa shape index (κ2) is 10.6. The average Bonchev–Trinajstić information content (AvgIpc) is 2.87. The van der Waals surface area contributed by atoms with Crippen molar-refractivity contribution in [3.05, 3.63) is 102 Å². The molecular weight excluding hydrogens is 396 g/mol. The van der Waals surface area contributed by atoms with Crippen LogP contribution in [0.15, 0.2) is 84.9 Å². The predicted molar refractivity (Wildman–Crippen MR) is 130 cm³/mol. The van der Waals surface area contributed by atoms with Gasteiger partial charge < -0.3 is 15.0 Å². The van der Waals surface area contributed by atoms with Gasteiger partial charge in [0.1, 0.15) is 5.60 Å². The van der Waals surface area contributed by atoms with Crippen LogP contribution in [-0.4, -0.2) is 38.1 Å². The van der Waals surface area contributed by atoms with E-state index in [2.05, 4.69) is 83.0 Å². The minimum absolute atomic E-state index is 0.419. The monoisotopic (exact) mass is 428 g/mol. The zero-order valence-electron chi connectivity index (χ0n) is 18.7. The van der Waals surface area contributed by atoms with Crippen molar-refractivity contribution in [1.82, 2.24) is 4.90 Å². The summed E-state index contributed by atoms with van der Waals surface area (Å²) in [6.45, 7) is 3.18. The number of piperidine rings is 1. The molecule has 0 saturated carbocycles. The number of carbonyl (C=O) groups excluding carboxylic acids is 1. The number of hydrogen-bond donors (Lipinski definition) is 1.